The Morgan fingerprint density at radius 3 is 2.70 bits per heavy atom. The smallest absolute Gasteiger partial charge is 0.243 e. The van der Waals surface area contributed by atoms with Crippen molar-refractivity contribution < 1.29 is 9.59 Å². The molecule has 0 bridgehead atoms. The van der Waals surface area contributed by atoms with Crippen LogP contribution in [0.3, 0.4) is 0 Å². The Bertz CT molecular complexity index is 1260. The van der Waals surface area contributed by atoms with Crippen molar-refractivity contribution in [2.75, 3.05) is 16.8 Å². The molecule has 2 aliphatic rings. The van der Waals surface area contributed by atoms with Crippen molar-refractivity contribution >= 4 is 34.9 Å². The fourth-order valence-electron chi connectivity index (χ4n) is 4.55. The molecule has 2 aliphatic heterocycles. The Morgan fingerprint density at radius 1 is 1.20 bits per heavy atom. The van der Waals surface area contributed by atoms with Gasteiger partial charge in [-0.2, -0.15) is 5.10 Å². The van der Waals surface area contributed by atoms with Crippen LogP contribution in [0.1, 0.15) is 23.1 Å². The summed E-state index contributed by atoms with van der Waals surface area (Å²) in [6.45, 7) is 2.08. The van der Waals surface area contributed by atoms with Crippen molar-refractivity contribution in [1.29, 1.82) is 0 Å². The zero-order valence-corrected chi connectivity index (χ0v) is 16.9. The third-order valence-corrected chi connectivity index (χ3v) is 6.06. The number of amides is 2. The van der Waals surface area contributed by atoms with E-state index in [0.717, 1.165) is 22.5 Å². The highest BCUT2D eigenvalue weighted by atomic mass is 35.5. The van der Waals surface area contributed by atoms with Gasteiger partial charge in [0.05, 0.1) is 24.1 Å². The number of hydrogen-bond donors (Lipinski definition) is 1. The van der Waals surface area contributed by atoms with Crippen molar-refractivity contribution in [1.82, 2.24) is 9.78 Å². The first-order chi connectivity index (χ1) is 14.5. The number of aryl methyl sites for hydroxylation is 1. The van der Waals surface area contributed by atoms with Crippen LogP contribution in [0.5, 0.6) is 0 Å². The number of carbonyl (C=O) groups excluding carboxylic acids is 2. The molecule has 1 aromatic heterocycles. The fraction of sp³-hybridized carbons (Fsp3) is 0.174. The number of nitrogens with zero attached hydrogens (tertiary/aromatic N) is 3. The molecule has 0 radical (unpaired) electrons. The summed E-state index contributed by atoms with van der Waals surface area (Å²) in [5.41, 5.74) is 2.74. The zero-order valence-electron chi connectivity index (χ0n) is 16.1. The first-order valence-electron chi connectivity index (χ1n) is 9.47. The van der Waals surface area contributed by atoms with Crippen molar-refractivity contribution in [3.8, 4) is 18.0 Å². The molecule has 1 N–H and O–H groups in total. The summed E-state index contributed by atoms with van der Waals surface area (Å²) in [4.78, 5) is 28.2. The second-order valence-electron chi connectivity index (χ2n) is 7.49. The van der Waals surface area contributed by atoms with Gasteiger partial charge in [0.25, 0.3) is 0 Å². The molecule has 2 aromatic carbocycles. The van der Waals surface area contributed by atoms with Gasteiger partial charge in [0.2, 0.25) is 11.8 Å². The number of terminal acetylenes is 1. The lowest BCUT2D eigenvalue weighted by molar-refractivity contribution is -0.126. The van der Waals surface area contributed by atoms with Crippen LogP contribution in [0.15, 0.2) is 48.7 Å². The predicted molar refractivity (Wildman–Crippen MR) is 115 cm³/mol. The van der Waals surface area contributed by atoms with E-state index in [1.54, 1.807) is 27.9 Å². The molecule has 1 unspecified atom stereocenters. The number of halogens is 1. The minimum atomic E-state index is -1.15. The quantitative estimate of drug-likeness (QED) is 0.651. The fourth-order valence-corrected chi connectivity index (χ4v) is 4.68. The van der Waals surface area contributed by atoms with Crippen LogP contribution in [0.25, 0.3) is 5.69 Å². The maximum Gasteiger partial charge on any atom is 0.243 e. The third-order valence-electron chi connectivity index (χ3n) is 5.81. The summed E-state index contributed by atoms with van der Waals surface area (Å²) in [6.07, 6.45) is 7.22. The highest BCUT2D eigenvalue weighted by molar-refractivity contribution is 6.30. The third kappa shape index (κ3) is 2.36. The number of benzene rings is 2. The van der Waals surface area contributed by atoms with Gasteiger partial charge < -0.3 is 5.32 Å². The molecule has 5 rings (SSSR count). The van der Waals surface area contributed by atoms with Gasteiger partial charge in [-0.1, -0.05) is 35.7 Å². The zero-order chi connectivity index (χ0) is 21.0. The van der Waals surface area contributed by atoms with Crippen molar-refractivity contribution in [3.63, 3.8) is 0 Å². The second-order valence-corrected chi connectivity index (χ2v) is 7.93. The number of fused-ring (bicyclic) bond motifs is 4. The van der Waals surface area contributed by atoms with E-state index in [4.69, 9.17) is 18.0 Å². The first kappa shape index (κ1) is 18.5. The molecule has 0 aliphatic carbocycles. The highest BCUT2D eigenvalue weighted by Crippen LogP contribution is 2.53. The Balaban J connectivity index is 1.77. The van der Waals surface area contributed by atoms with E-state index in [2.05, 4.69) is 16.3 Å². The summed E-state index contributed by atoms with van der Waals surface area (Å²) >= 11 is 6.01. The van der Waals surface area contributed by atoms with Crippen molar-refractivity contribution in [2.24, 2.45) is 0 Å². The second kappa shape index (κ2) is 6.48. The standard InChI is InChI=1S/C23H17ClN4O2/c1-3-11-27-20-14(2)5-4-6-17(20)23(22(27)30)12-19(29)26-21-18(23)13-25-28(21)16-9-7-15(24)8-10-16/h1,4-10,13H,11-12H2,2H3,(H,26,29). The first-order valence-corrected chi connectivity index (χ1v) is 9.85. The summed E-state index contributed by atoms with van der Waals surface area (Å²) in [5.74, 6) is 2.61. The normalized spacial score (nSPS) is 19.4. The number of anilines is 2. The number of aromatic nitrogens is 2. The molecule has 2 amide bonds. The van der Waals surface area contributed by atoms with Crippen molar-refractivity contribution in [3.05, 3.63) is 70.4 Å². The Labute approximate surface area is 178 Å². The van der Waals surface area contributed by atoms with Gasteiger partial charge in [0.1, 0.15) is 11.2 Å². The van der Waals surface area contributed by atoms with E-state index in [0.29, 0.717) is 16.4 Å². The van der Waals surface area contributed by atoms with Gasteiger partial charge in [-0.25, -0.2) is 4.68 Å². The molecule has 7 heteroatoms. The lowest BCUT2D eigenvalue weighted by Gasteiger charge is -2.32. The van der Waals surface area contributed by atoms with Gasteiger partial charge >= 0.3 is 0 Å². The topological polar surface area (TPSA) is 67.2 Å². The van der Waals surface area contributed by atoms with Gasteiger partial charge in [0.15, 0.2) is 0 Å². The molecule has 3 heterocycles. The summed E-state index contributed by atoms with van der Waals surface area (Å²) < 4.78 is 1.62. The van der Waals surface area contributed by atoms with E-state index in [1.165, 1.54) is 0 Å². The monoisotopic (exact) mass is 416 g/mol. The maximum atomic E-state index is 13.8. The molecular formula is C23H17ClN4O2. The Morgan fingerprint density at radius 2 is 1.97 bits per heavy atom. The number of carbonyl (C=O) groups is 2. The summed E-state index contributed by atoms with van der Waals surface area (Å²) in [5, 5.41) is 8.00. The Hall–Kier alpha value is -3.56. The summed E-state index contributed by atoms with van der Waals surface area (Å²) in [7, 11) is 0. The molecule has 0 fully saturated rings. The number of hydrogen-bond acceptors (Lipinski definition) is 3. The highest BCUT2D eigenvalue weighted by Gasteiger charge is 2.57. The molecular weight excluding hydrogens is 400 g/mol. The van der Waals surface area contributed by atoms with Gasteiger partial charge in [-0.3, -0.25) is 14.5 Å². The molecule has 148 valence electrons. The predicted octanol–water partition coefficient (Wildman–Crippen LogP) is 3.44. The van der Waals surface area contributed by atoms with E-state index in [1.807, 2.05) is 37.3 Å². The lowest BCUT2D eigenvalue weighted by atomic mass is 9.71. The van der Waals surface area contributed by atoms with Crippen LogP contribution in [0, 0.1) is 19.3 Å². The molecule has 0 saturated carbocycles. The average Bonchev–Trinajstić information content (AvgIpc) is 3.24. The molecule has 30 heavy (non-hydrogen) atoms. The van der Waals surface area contributed by atoms with Crippen LogP contribution in [-0.4, -0.2) is 28.1 Å². The van der Waals surface area contributed by atoms with Crippen LogP contribution in [0.4, 0.5) is 11.5 Å². The molecule has 6 nitrogen and oxygen atoms in total. The van der Waals surface area contributed by atoms with Crippen molar-refractivity contribution in [2.45, 2.75) is 18.8 Å². The Kier molecular flexibility index (Phi) is 3.99. The molecule has 1 spiro atoms. The van der Waals surface area contributed by atoms with Gasteiger partial charge in [-0.05, 0) is 42.3 Å². The number of rotatable bonds is 2. The lowest BCUT2D eigenvalue weighted by Crippen LogP contribution is -2.46. The largest absolute Gasteiger partial charge is 0.310 e. The van der Waals surface area contributed by atoms with E-state index >= 15 is 0 Å². The number of para-hydroxylation sites is 1. The minimum Gasteiger partial charge on any atom is -0.310 e. The van der Waals surface area contributed by atoms with Crippen LogP contribution in [0.2, 0.25) is 5.02 Å². The maximum absolute atomic E-state index is 13.8. The van der Waals surface area contributed by atoms with Gasteiger partial charge in [-0.15, -0.1) is 6.42 Å². The van der Waals surface area contributed by atoms with E-state index < -0.39 is 5.41 Å². The number of nitrogens with one attached hydrogen (secondary N) is 1. The van der Waals surface area contributed by atoms with Crippen LogP contribution >= 0.6 is 11.6 Å². The van der Waals surface area contributed by atoms with Crippen LogP contribution < -0.4 is 10.2 Å². The SMILES string of the molecule is C#CCN1C(=O)C2(CC(=O)Nc3c2cnn3-c2ccc(Cl)cc2)c2cccc(C)c21. The average molecular weight is 417 g/mol. The molecule has 1 atom stereocenters. The van der Waals surface area contributed by atoms with Gasteiger partial charge in [0, 0.05) is 17.0 Å². The van der Waals surface area contributed by atoms with Crippen LogP contribution in [-0.2, 0) is 15.0 Å². The minimum absolute atomic E-state index is 0.00265. The summed E-state index contributed by atoms with van der Waals surface area (Å²) in [6, 6.07) is 12.9. The molecule has 3 aromatic rings. The molecule has 0 saturated heterocycles. The van der Waals surface area contributed by atoms with E-state index in [-0.39, 0.29) is 24.8 Å². The van der Waals surface area contributed by atoms with E-state index in [9.17, 15) is 9.59 Å².